The fourth-order valence-corrected chi connectivity index (χ4v) is 3.96. The molecule has 7 heteroatoms. The molecule has 2 N–H and O–H groups in total. The Morgan fingerprint density at radius 1 is 1.17 bits per heavy atom. The fraction of sp³-hybridized carbons (Fsp3) is 0.824. The molecule has 0 aromatic carbocycles. The average molecular weight is 448 g/mol. The summed E-state index contributed by atoms with van der Waals surface area (Å²) < 4.78 is 0. The van der Waals surface area contributed by atoms with Gasteiger partial charge in [0, 0.05) is 78.0 Å². The molecule has 0 saturated carbocycles. The molecule has 4 heterocycles. The predicted octanol–water partition coefficient (Wildman–Crippen LogP) is 0.420. The molecule has 24 heavy (non-hydrogen) atoms. The third-order valence-corrected chi connectivity index (χ3v) is 5.44. The van der Waals surface area contributed by atoms with E-state index in [0.717, 1.165) is 32.1 Å². The average Bonchev–Trinajstić information content (AvgIpc) is 2.61. The first-order valence-corrected chi connectivity index (χ1v) is 9.05. The standard InChI is InChI=1S/C17H32N6.HI/c1-3-6-21-7-4-15(5-8-21)20-17(18-2)19-13-16-14-22-9-11-23(16)12-10-22;/h3,15-16H,1,4-14H2,2H3,(H2,18,19,20);1H. The van der Waals surface area contributed by atoms with Gasteiger partial charge in [0.1, 0.15) is 0 Å². The van der Waals surface area contributed by atoms with Gasteiger partial charge in [-0.1, -0.05) is 6.08 Å². The van der Waals surface area contributed by atoms with E-state index in [1.807, 2.05) is 13.1 Å². The highest BCUT2D eigenvalue weighted by molar-refractivity contribution is 14.0. The van der Waals surface area contributed by atoms with Crippen LogP contribution in [0.5, 0.6) is 0 Å². The van der Waals surface area contributed by atoms with Crippen LogP contribution in [0.25, 0.3) is 0 Å². The first-order valence-electron chi connectivity index (χ1n) is 9.05. The summed E-state index contributed by atoms with van der Waals surface area (Å²) in [4.78, 5) is 12.1. The van der Waals surface area contributed by atoms with Crippen LogP contribution in [0, 0.1) is 0 Å². The summed E-state index contributed by atoms with van der Waals surface area (Å²) in [5.74, 6) is 0.963. The highest BCUT2D eigenvalue weighted by atomic mass is 127. The van der Waals surface area contributed by atoms with Crippen molar-refractivity contribution in [2.45, 2.75) is 24.9 Å². The van der Waals surface area contributed by atoms with Crippen molar-refractivity contribution < 1.29 is 0 Å². The number of guanidine groups is 1. The summed E-state index contributed by atoms with van der Waals surface area (Å²) in [6.07, 6.45) is 4.35. The molecule has 0 spiro atoms. The summed E-state index contributed by atoms with van der Waals surface area (Å²) in [6, 6.07) is 1.17. The van der Waals surface area contributed by atoms with Gasteiger partial charge in [-0.15, -0.1) is 30.6 Å². The van der Waals surface area contributed by atoms with Crippen LogP contribution < -0.4 is 10.6 Å². The molecule has 1 atom stereocenters. The number of rotatable bonds is 5. The van der Waals surface area contributed by atoms with Crippen LogP contribution in [-0.4, -0.2) is 98.7 Å². The number of hydrogen-bond donors (Lipinski definition) is 2. The molecule has 0 aliphatic carbocycles. The van der Waals surface area contributed by atoms with E-state index < -0.39 is 0 Å². The monoisotopic (exact) mass is 448 g/mol. The number of likely N-dealkylation sites (tertiary alicyclic amines) is 1. The Morgan fingerprint density at radius 3 is 2.42 bits per heavy atom. The highest BCUT2D eigenvalue weighted by Crippen LogP contribution is 2.15. The molecule has 1 unspecified atom stereocenters. The van der Waals surface area contributed by atoms with E-state index in [2.05, 4.69) is 36.9 Å². The van der Waals surface area contributed by atoms with E-state index in [1.165, 1.54) is 45.6 Å². The summed E-state index contributed by atoms with van der Waals surface area (Å²) in [6.45, 7) is 14.2. The maximum atomic E-state index is 4.42. The number of nitrogens with zero attached hydrogens (tertiary/aromatic N) is 4. The Morgan fingerprint density at radius 2 is 1.88 bits per heavy atom. The van der Waals surface area contributed by atoms with Crippen molar-refractivity contribution in [1.82, 2.24) is 25.3 Å². The SMILES string of the molecule is C=CCN1CCC(NC(=NC)NCC2CN3CCN2CC3)CC1.I. The Labute approximate surface area is 163 Å². The van der Waals surface area contributed by atoms with Gasteiger partial charge in [-0.25, -0.2) is 0 Å². The molecule has 0 aromatic rings. The normalized spacial score (nSPS) is 31.4. The number of hydrogen-bond acceptors (Lipinski definition) is 4. The van der Waals surface area contributed by atoms with Gasteiger partial charge in [0.05, 0.1) is 0 Å². The minimum absolute atomic E-state index is 0. The summed E-state index contributed by atoms with van der Waals surface area (Å²) in [5, 5.41) is 7.15. The molecule has 0 amide bonds. The van der Waals surface area contributed by atoms with Crippen molar-refractivity contribution in [3.63, 3.8) is 0 Å². The van der Waals surface area contributed by atoms with Crippen molar-refractivity contribution in [1.29, 1.82) is 0 Å². The molecule has 0 aromatic heterocycles. The van der Waals surface area contributed by atoms with E-state index in [1.54, 1.807) is 0 Å². The van der Waals surface area contributed by atoms with E-state index in [9.17, 15) is 0 Å². The van der Waals surface area contributed by atoms with Crippen LogP contribution in [0.4, 0.5) is 0 Å². The zero-order valence-electron chi connectivity index (χ0n) is 14.9. The maximum Gasteiger partial charge on any atom is 0.191 e. The topological polar surface area (TPSA) is 46.1 Å². The molecule has 4 rings (SSSR count). The van der Waals surface area contributed by atoms with E-state index >= 15 is 0 Å². The lowest BCUT2D eigenvalue weighted by Crippen LogP contribution is -2.64. The van der Waals surface area contributed by atoms with Crippen molar-refractivity contribution in [2.75, 3.05) is 66.0 Å². The number of fused-ring (bicyclic) bond motifs is 3. The molecule has 138 valence electrons. The summed E-state index contributed by atoms with van der Waals surface area (Å²) in [7, 11) is 1.87. The molecule has 2 bridgehead atoms. The minimum atomic E-state index is 0. The Balaban J connectivity index is 0.00000208. The first-order chi connectivity index (χ1) is 11.3. The summed E-state index contributed by atoms with van der Waals surface area (Å²) in [5.41, 5.74) is 0. The fourth-order valence-electron chi connectivity index (χ4n) is 3.96. The molecule has 0 radical (unpaired) electrons. The van der Waals surface area contributed by atoms with Gasteiger partial charge in [0.2, 0.25) is 0 Å². The van der Waals surface area contributed by atoms with Crippen LogP contribution in [0.2, 0.25) is 0 Å². The number of piperidine rings is 1. The second-order valence-electron chi connectivity index (χ2n) is 6.95. The van der Waals surface area contributed by atoms with Crippen LogP contribution >= 0.6 is 24.0 Å². The zero-order valence-corrected chi connectivity index (χ0v) is 17.2. The number of piperazine rings is 3. The minimum Gasteiger partial charge on any atom is -0.355 e. The predicted molar refractivity (Wildman–Crippen MR) is 111 cm³/mol. The third-order valence-electron chi connectivity index (χ3n) is 5.44. The lowest BCUT2D eigenvalue weighted by atomic mass is 10.1. The van der Waals surface area contributed by atoms with Gasteiger partial charge in [0.25, 0.3) is 0 Å². The lowest BCUT2D eigenvalue weighted by Gasteiger charge is -2.47. The lowest BCUT2D eigenvalue weighted by molar-refractivity contribution is 0.0154. The maximum absolute atomic E-state index is 4.42. The van der Waals surface area contributed by atoms with E-state index in [4.69, 9.17) is 0 Å². The van der Waals surface area contributed by atoms with Gasteiger partial charge < -0.3 is 10.6 Å². The second-order valence-corrected chi connectivity index (χ2v) is 6.95. The van der Waals surface area contributed by atoms with Gasteiger partial charge >= 0.3 is 0 Å². The van der Waals surface area contributed by atoms with Gasteiger partial charge in [-0.2, -0.15) is 0 Å². The third kappa shape index (κ3) is 5.31. The quantitative estimate of drug-likeness (QED) is 0.276. The smallest absolute Gasteiger partial charge is 0.191 e. The molecule has 6 nitrogen and oxygen atoms in total. The van der Waals surface area contributed by atoms with Crippen LogP contribution in [0.3, 0.4) is 0 Å². The van der Waals surface area contributed by atoms with Gasteiger partial charge in [-0.3, -0.25) is 19.7 Å². The van der Waals surface area contributed by atoms with E-state index in [0.29, 0.717) is 12.1 Å². The molecule has 4 fully saturated rings. The van der Waals surface area contributed by atoms with Crippen molar-refractivity contribution >= 4 is 29.9 Å². The number of halogens is 1. The van der Waals surface area contributed by atoms with Gasteiger partial charge in [0.15, 0.2) is 5.96 Å². The molecular weight excluding hydrogens is 415 g/mol. The van der Waals surface area contributed by atoms with Crippen molar-refractivity contribution in [3.8, 4) is 0 Å². The van der Waals surface area contributed by atoms with Crippen molar-refractivity contribution in [3.05, 3.63) is 12.7 Å². The second kappa shape index (κ2) is 9.94. The Kier molecular flexibility index (Phi) is 8.25. The van der Waals surface area contributed by atoms with Crippen molar-refractivity contribution in [2.24, 2.45) is 4.99 Å². The number of nitrogens with one attached hydrogen (secondary N) is 2. The zero-order chi connectivity index (χ0) is 16.1. The molecule has 4 aliphatic heterocycles. The molecular formula is C17H33IN6. The van der Waals surface area contributed by atoms with Gasteiger partial charge in [-0.05, 0) is 12.8 Å². The van der Waals surface area contributed by atoms with Crippen LogP contribution in [0.1, 0.15) is 12.8 Å². The molecule has 4 saturated heterocycles. The largest absolute Gasteiger partial charge is 0.355 e. The van der Waals surface area contributed by atoms with Crippen LogP contribution in [-0.2, 0) is 0 Å². The summed E-state index contributed by atoms with van der Waals surface area (Å²) >= 11 is 0. The Hall–Kier alpha value is -0.380. The number of aliphatic imine (C=N–C) groups is 1. The first kappa shape index (κ1) is 19.9. The molecule has 4 aliphatic rings. The van der Waals surface area contributed by atoms with E-state index in [-0.39, 0.29) is 24.0 Å². The van der Waals surface area contributed by atoms with Crippen LogP contribution in [0.15, 0.2) is 17.6 Å². The Bertz CT molecular complexity index is 413. The highest BCUT2D eigenvalue weighted by Gasteiger charge is 2.31.